The maximum absolute atomic E-state index is 12.3. The second-order valence-electron chi connectivity index (χ2n) is 5.65. The molecule has 112 valence electrons. The van der Waals surface area contributed by atoms with Crippen molar-refractivity contribution < 1.29 is 9.59 Å². The zero-order valence-corrected chi connectivity index (χ0v) is 12.4. The highest BCUT2D eigenvalue weighted by molar-refractivity contribution is 6.06. The maximum Gasteiger partial charge on any atom is 0.255 e. The molecule has 0 radical (unpaired) electrons. The van der Waals surface area contributed by atoms with Gasteiger partial charge < -0.3 is 10.6 Å². The molecule has 0 atom stereocenters. The van der Waals surface area contributed by atoms with Crippen molar-refractivity contribution in [3.63, 3.8) is 0 Å². The van der Waals surface area contributed by atoms with Gasteiger partial charge in [-0.05, 0) is 55.7 Å². The van der Waals surface area contributed by atoms with Crippen LogP contribution < -0.4 is 10.6 Å². The average Bonchev–Trinajstić information content (AvgIpc) is 3.31. The second kappa shape index (κ2) is 6.02. The van der Waals surface area contributed by atoms with E-state index in [9.17, 15) is 9.59 Å². The molecule has 0 heterocycles. The molecular weight excluding hydrogens is 276 g/mol. The van der Waals surface area contributed by atoms with E-state index in [0.717, 1.165) is 24.1 Å². The Hall–Kier alpha value is -2.62. The lowest BCUT2D eigenvalue weighted by molar-refractivity contribution is 0.0951. The minimum Gasteiger partial charge on any atom is -0.349 e. The maximum atomic E-state index is 12.3. The first-order valence-electron chi connectivity index (χ1n) is 7.41. The zero-order valence-electron chi connectivity index (χ0n) is 12.4. The number of amides is 2. The van der Waals surface area contributed by atoms with Gasteiger partial charge in [-0.15, -0.1) is 0 Å². The largest absolute Gasteiger partial charge is 0.349 e. The molecule has 0 spiro atoms. The van der Waals surface area contributed by atoms with Crippen LogP contribution in [0.1, 0.15) is 39.1 Å². The third-order valence-electron chi connectivity index (χ3n) is 3.58. The molecule has 4 heteroatoms. The molecule has 4 nitrogen and oxygen atoms in total. The monoisotopic (exact) mass is 294 g/mol. The smallest absolute Gasteiger partial charge is 0.255 e. The molecule has 22 heavy (non-hydrogen) atoms. The van der Waals surface area contributed by atoms with Crippen LogP contribution >= 0.6 is 0 Å². The first-order chi connectivity index (χ1) is 10.6. The van der Waals surface area contributed by atoms with Gasteiger partial charge in [-0.1, -0.05) is 18.2 Å². The number of nitrogens with one attached hydrogen (secondary N) is 2. The summed E-state index contributed by atoms with van der Waals surface area (Å²) in [5.74, 6) is -0.334. The molecule has 0 unspecified atom stereocenters. The predicted molar refractivity (Wildman–Crippen MR) is 86.1 cm³/mol. The molecule has 2 aromatic carbocycles. The molecule has 1 fully saturated rings. The number of benzene rings is 2. The third kappa shape index (κ3) is 3.52. The van der Waals surface area contributed by atoms with Crippen LogP contribution in [0.25, 0.3) is 0 Å². The Labute approximate surface area is 129 Å². The van der Waals surface area contributed by atoms with E-state index in [0.29, 0.717) is 17.2 Å². The van der Waals surface area contributed by atoms with Gasteiger partial charge in [0.25, 0.3) is 11.8 Å². The summed E-state index contributed by atoms with van der Waals surface area (Å²) in [5, 5.41) is 5.77. The molecule has 3 rings (SSSR count). The highest BCUT2D eigenvalue weighted by atomic mass is 16.2. The number of rotatable bonds is 4. The highest BCUT2D eigenvalue weighted by Crippen LogP contribution is 2.19. The second-order valence-corrected chi connectivity index (χ2v) is 5.65. The molecular formula is C18H18N2O2. The Kier molecular flexibility index (Phi) is 3.92. The number of hydrogen-bond donors (Lipinski definition) is 2. The fourth-order valence-electron chi connectivity index (χ4n) is 2.22. The topological polar surface area (TPSA) is 58.2 Å². The van der Waals surface area contributed by atoms with Crippen molar-refractivity contribution >= 4 is 17.5 Å². The van der Waals surface area contributed by atoms with Gasteiger partial charge >= 0.3 is 0 Å². The average molecular weight is 294 g/mol. The summed E-state index contributed by atoms with van der Waals surface area (Å²) >= 11 is 0. The predicted octanol–water partition coefficient (Wildman–Crippen LogP) is 3.14. The quantitative estimate of drug-likeness (QED) is 0.910. The Morgan fingerprint density at radius 3 is 2.32 bits per heavy atom. The van der Waals surface area contributed by atoms with Crippen molar-refractivity contribution in [3.8, 4) is 0 Å². The summed E-state index contributed by atoms with van der Waals surface area (Å²) in [6, 6.07) is 14.7. The van der Waals surface area contributed by atoms with Crippen molar-refractivity contribution in [2.45, 2.75) is 25.8 Å². The SMILES string of the molecule is Cc1cccc(NC(=O)c2cccc(C(=O)NC3CC3)c2)c1. The molecule has 0 bridgehead atoms. The molecule has 2 N–H and O–H groups in total. The minimum absolute atomic E-state index is 0.118. The van der Waals surface area contributed by atoms with Gasteiger partial charge in [-0.25, -0.2) is 0 Å². The van der Waals surface area contributed by atoms with E-state index >= 15 is 0 Å². The number of anilines is 1. The van der Waals surface area contributed by atoms with E-state index < -0.39 is 0 Å². The summed E-state index contributed by atoms with van der Waals surface area (Å²) < 4.78 is 0. The molecule has 2 aromatic rings. The van der Waals surface area contributed by atoms with Crippen LogP contribution in [0.2, 0.25) is 0 Å². The van der Waals surface area contributed by atoms with Gasteiger partial charge in [-0.2, -0.15) is 0 Å². The molecule has 2 amide bonds. The van der Waals surface area contributed by atoms with Gasteiger partial charge in [0.2, 0.25) is 0 Å². The fourth-order valence-corrected chi connectivity index (χ4v) is 2.22. The highest BCUT2D eigenvalue weighted by Gasteiger charge is 2.24. The van der Waals surface area contributed by atoms with Crippen LogP contribution in [0.15, 0.2) is 48.5 Å². The van der Waals surface area contributed by atoms with Crippen molar-refractivity contribution in [2.24, 2.45) is 0 Å². The van der Waals surface area contributed by atoms with E-state index in [-0.39, 0.29) is 11.8 Å². The van der Waals surface area contributed by atoms with Crippen molar-refractivity contribution in [2.75, 3.05) is 5.32 Å². The first-order valence-corrected chi connectivity index (χ1v) is 7.41. The van der Waals surface area contributed by atoms with E-state index in [4.69, 9.17) is 0 Å². The summed E-state index contributed by atoms with van der Waals surface area (Å²) in [6.45, 7) is 1.97. The summed E-state index contributed by atoms with van der Waals surface area (Å²) in [7, 11) is 0. The summed E-state index contributed by atoms with van der Waals surface area (Å²) in [5.41, 5.74) is 2.82. The normalized spacial score (nSPS) is 13.5. The molecule has 1 aliphatic rings. The van der Waals surface area contributed by atoms with Crippen LogP contribution in [0, 0.1) is 6.92 Å². The van der Waals surface area contributed by atoms with Gasteiger partial charge in [0.15, 0.2) is 0 Å². The molecule has 0 aromatic heterocycles. The van der Waals surface area contributed by atoms with E-state index in [1.54, 1.807) is 24.3 Å². The van der Waals surface area contributed by atoms with Crippen molar-refractivity contribution in [1.82, 2.24) is 5.32 Å². The van der Waals surface area contributed by atoms with Crippen molar-refractivity contribution in [1.29, 1.82) is 0 Å². The zero-order chi connectivity index (χ0) is 15.5. The van der Waals surface area contributed by atoms with Gasteiger partial charge in [-0.3, -0.25) is 9.59 Å². The van der Waals surface area contributed by atoms with Gasteiger partial charge in [0, 0.05) is 22.9 Å². The Morgan fingerprint density at radius 1 is 0.955 bits per heavy atom. The number of aryl methyl sites for hydroxylation is 1. The number of carbonyl (C=O) groups is 2. The van der Waals surface area contributed by atoms with E-state index in [1.165, 1.54) is 0 Å². The Bertz CT molecular complexity index is 721. The fraction of sp³-hybridized carbons (Fsp3) is 0.222. The van der Waals surface area contributed by atoms with E-state index in [2.05, 4.69) is 10.6 Å². The van der Waals surface area contributed by atoms with Crippen LogP contribution in [0.3, 0.4) is 0 Å². The number of hydrogen-bond acceptors (Lipinski definition) is 2. The van der Waals surface area contributed by atoms with Gasteiger partial charge in [0.1, 0.15) is 0 Å². The molecule has 1 aliphatic carbocycles. The number of carbonyl (C=O) groups excluding carboxylic acids is 2. The standard InChI is InChI=1S/C18H18N2O2/c1-12-4-2-7-16(10-12)20-18(22)14-6-3-5-13(11-14)17(21)19-15-8-9-15/h2-7,10-11,15H,8-9H2,1H3,(H,19,21)(H,20,22). The van der Waals surface area contributed by atoms with Crippen molar-refractivity contribution in [3.05, 3.63) is 65.2 Å². The lowest BCUT2D eigenvalue weighted by Crippen LogP contribution is -2.25. The van der Waals surface area contributed by atoms with Crippen LogP contribution in [-0.4, -0.2) is 17.9 Å². The minimum atomic E-state index is -0.216. The molecule has 0 aliphatic heterocycles. The van der Waals surface area contributed by atoms with Crippen LogP contribution in [0.4, 0.5) is 5.69 Å². The van der Waals surface area contributed by atoms with E-state index in [1.807, 2.05) is 31.2 Å². The lowest BCUT2D eigenvalue weighted by Gasteiger charge is -2.08. The lowest BCUT2D eigenvalue weighted by atomic mass is 10.1. The Morgan fingerprint density at radius 2 is 1.64 bits per heavy atom. The Balaban J connectivity index is 1.73. The summed E-state index contributed by atoms with van der Waals surface area (Å²) in [6.07, 6.45) is 2.08. The molecule has 1 saturated carbocycles. The van der Waals surface area contributed by atoms with Crippen LogP contribution in [0.5, 0.6) is 0 Å². The third-order valence-corrected chi connectivity index (χ3v) is 3.58. The summed E-state index contributed by atoms with van der Waals surface area (Å²) in [4.78, 5) is 24.3. The first kappa shape index (κ1) is 14.3. The molecule has 0 saturated heterocycles. The van der Waals surface area contributed by atoms with Crippen LogP contribution in [-0.2, 0) is 0 Å². The van der Waals surface area contributed by atoms with Gasteiger partial charge in [0.05, 0.1) is 0 Å².